The van der Waals surface area contributed by atoms with Crippen molar-refractivity contribution in [3.8, 4) is 0 Å². The Bertz CT molecular complexity index is 665. The molecule has 0 fully saturated rings. The Morgan fingerprint density at radius 2 is 1.45 bits per heavy atom. The van der Waals surface area contributed by atoms with Crippen molar-refractivity contribution in [2.45, 2.75) is 50.4 Å². The van der Waals surface area contributed by atoms with Crippen LogP contribution < -0.4 is 0 Å². The third-order valence-electron chi connectivity index (χ3n) is 5.50. The highest BCUT2D eigenvalue weighted by Crippen LogP contribution is 2.57. The van der Waals surface area contributed by atoms with Crippen LogP contribution in [0.15, 0.2) is 48.5 Å². The van der Waals surface area contributed by atoms with Gasteiger partial charge in [0.05, 0.1) is 0 Å². The predicted molar refractivity (Wildman–Crippen MR) is 84.2 cm³/mol. The molecule has 1 atom stereocenters. The van der Waals surface area contributed by atoms with Crippen LogP contribution in [0.5, 0.6) is 0 Å². The first-order chi connectivity index (χ1) is 9.63. The highest BCUT2D eigenvalue weighted by atomic mass is 14.5. The predicted octanol–water partition coefficient (Wildman–Crippen LogP) is 4.99. The van der Waals surface area contributed by atoms with Gasteiger partial charge < -0.3 is 0 Å². The van der Waals surface area contributed by atoms with Crippen molar-refractivity contribution in [3.05, 3.63) is 70.8 Å². The molecule has 4 rings (SSSR count). The summed E-state index contributed by atoms with van der Waals surface area (Å²) >= 11 is 0. The largest absolute Gasteiger partial charge is 0.0620 e. The standard InChI is InChI=1S/C20H22/c1-19(2)14-20(18-12-6-5-11-17(18)19)13-7-9-15-8-3-4-10-16(15)20/h3-6,8,10-12H,7,9,13-14H2,1-2H3. The monoisotopic (exact) mass is 262 g/mol. The lowest BCUT2D eigenvalue weighted by atomic mass is 9.65. The number of rotatable bonds is 0. The second-order valence-corrected chi connectivity index (χ2v) is 7.20. The molecule has 0 heterocycles. The van der Waals surface area contributed by atoms with Gasteiger partial charge in [0, 0.05) is 5.41 Å². The molecule has 102 valence electrons. The first-order valence-electron chi connectivity index (χ1n) is 7.82. The minimum absolute atomic E-state index is 0.273. The quantitative estimate of drug-likeness (QED) is 0.627. The van der Waals surface area contributed by atoms with Crippen LogP contribution in [0, 0.1) is 0 Å². The molecular formula is C20H22. The van der Waals surface area contributed by atoms with Gasteiger partial charge in [-0.2, -0.15) is 0 Å². The van der Waals surface area contributed by atoms with Crippen LogP contribution >= 0.6 is 0 Å². The Morgan fingerprint density at radius 3 is 2.25 bits per heavy atom. The molecule has 2 aliphatic rings. The molecule has 2 aliphatic carbocycles. The molecule has 2 aromatic carbocycles. The van der Waals surface area contributed by atoms with Crippen molar-refractivity contribution in [3.63, 3.8) is 0 Å². The van der Waals surface area contributed by atoms with E-state index in [1.807, 2.05) is 0 Å². The van der Waals surface area contributed by atoms with Crippen molar-refractivity contribution in [2.75, 3.05) is 0 Å². The van der Waals surface area contributed by atoms with Gasteiger partial charge in [0.2, 0.25) is 0 Å². The van der Waals surface area contributed by atoms with Crippen LogP contribution in [0.3, 0.4) is 0 Å². The molecule has 0 aliphatic heterocycles. The highest BCUT2D eigenvalue weighted by Gasteiger charge is 2.49. The van der Waals surface area contributed by atoms with Gasteiger partial charge in [-0.3, -0.25) is 0 Å². The normalized spacial score (nSPS) is 26.3. The maximum absolute atomic E-state index is 2.41. The minimum atomic E-state index is 0.273. The fourth-order valence-corrected chi connectivity index (χ4v) is 4.82. The molecule has 20 heavy (non-hydrogen) atoms. The molecule has 1 spiro atoms. The third-order valence-corrected chi connectivity index (χ3v) is 5.50. The van der Waals surface area contributed by atoms with E-state index in [9.17, 15) is 0 Å². The van der Waals surface area contributed by atoms with Crippen molar-refractivity contribution in [2.24, 2.45) is 0 Å². The summed E-state index contributed by atoms with van der Waals surface area (Å²) < 4.78 is 0. The summed E-state index contributed by atoms with van der Waals surface area (Å²) in [5.41, 5.74) is 6.90. The summed E-state index contributed by atoms with van der Waals surface area (Å²) in [6.07, 6.45) is 5.14. The van der Waals surface area contributed by atoms with Gasteiger partial charge in [-0.1, -0.05) is 62.4 Å². The first-order valence-corrected chi connectivity index (χ1v) is 7.82. The van der Waals surface area contributed by atoms with Crippen molar-refractivity contribution in [1.82, 2.24) is 0 Å². The maximum atomic E-state index is 2.41. The van der Waals surface area contributed by atoms with E-state index in [1.54, 1.807) is 22.3 Å². The summed E-state index contributed by atoms with van der Waals surface area (Å²) in [5, 5.41) is 0. The smallest absolute Gasteiger partial charge is 0.0217 e. The van der Waals surface area contributed by atoms with Gasteiger partial charge in [0.1, 0.15) is 0 Å². The molecule has 0 N–H and O–H groups in total. The van der Waals surface area contributed by atoms with Gasteiger partial charge >= 0.3 is 0 Å². The third kappa shape index (κ3) is 1.48. The second kappa shape index (κ2) is 3.97. The van der Waals surface area contributed by atoms with E-state index in [0.717, 1.165) is 0 Å². The lowest BCUT2D eigenvalue weighted by Gasteiger charge is -2.38. The van der Waals surface area contributed by atoms with Gasteiger partial charge in [-0.15, -0.1) is 0 Å². The minimum Gasteiger partial charge on any atom is -0.0620 e. The van der Waals surface area contributed by atoms with Gasteiger partial charge in [0.25, 0.3) is 0 Å². The van der Waals surface area contributed by atoms with Gasteiger partial charge in [0.15, 0.2) is 0 Å². The summed E-state index contributed by atoms with van der Waals surface area (Å²) in [6.45, 7) is 4.83. The van der Waals surface area contributed by atoms with E-state index < -0.39 is 0 Å². The van der Waals surface area contributed by atoms with E-state index in [4.69, 9.17) is 0 Å². The summed E-state index contributed by atoms with van der Waals surface area (Å²) in [7, 11) is 0. The molecule has 0 radical (unpaired) electrons. The number of benzene rings is 2. The first kappa shape index (κ1) is 12.2. The van der Waals surface area contributed by atoms with Crippen LogP contribution in [0.25, 0.3) is 0 Å². The molecule has 0 saturated carbocycles. The van der Waals surface area contributed by atoms with Gasteiger partial charge in [-0.25, -0.2) is 0 Å². The molecule has 0 saturated heterocycles. The average molecular weight is 262 g/mol. The van der Waals surface area contributed by atoms with Crippen LogP contribution in [0.1, 0.15) is 55.4 Å². The maximum Gasteiger partial charge on any atom is 0.0217 e. The molecular weight excluding hydrogens is 240 g/mol. The van der Waals surface area contributed by atoms with Crippen molar-refractivity contribution < 1.29 is 0 Å². The highest BCUT2D eigenvalue weighted by molar-refractivity contribution is 5.55. The van der Waals surface area contributed by atoms with Crippen LogP contribution in [-0.2, 0) is 17.3 Å². The van der Waals surface area contributed by atoms with E-state index in [-0.39, 0.29) is 5.41 Å². The number of fused-ring (bicyclic) bond motifs is 4. The molecule has 0 nitrogen and oxygen atoms in total. The second-order valence-electron chi connectivity index (χ2n) is 7.20. The molecule has 0 bridgehead atoms. The molecule has 1 unspecified atom stereocenters. The van der Waals surface area contributed by atoms with Crippen LogP contribution in [-0.4, -0.2) is 0 Å². The van der Waals surface area contributed by atoms with Gasteiger partial charge in [-0.05, 0) is 53.4 Å². The summed E-state index contributed by atoms with van der Waals surface area (Å²) in [6, 6.07) is 18.3. The zero-order chi connectivity index (χ0) is 13.8. The number of hydrogen-bond acceptors (Lipinski definition) is 0. The van der Waals surface area contributed by atoms with E-state index in [2.05, 4.69) is 62.4 Å². The SMILES string of the molecule is CC1(C)CC2(CCCc3ccccc32)c2ccccc21. The summed E-state index contributed by atoms with van der Waals surface area (Å²) in [4.78, 5) is 0. The number of hydrogen-bond donors (Lipinski definition) is 0. The lowest BCUT2D eigenvalue weighted by Crippen LogP contribution is -2.31. The lowest BCUT2D eigenvalue weighted by molar-refractivity contribution is 0.357. The van der Waals surface area contributed by atoms with Crippen molar-refractivity contribution >= 4 is 0 Å². The molecule has 2 aromatic rings. The Labute approximate surface area is 121 Å². The molecule has 0 aromatic heterocycles. The van der Waals surface area contributed by atoms with E-state index in [0.29, 0.717) is 5.41 Å². The van der Waals surface area contributed by atoms with Crippen LogP contribution in [0.2, 0.25) is 0 Å². The zero-order valence-corrected chi connectivity index (χ0v) is 12.4. The Kier molecular flexibility index (Phi) is 2.42. The van der Waals surface area contributed by atoms with Crippen LogP contribution in [0.4, 0.5) is 0 Å². The fraction of sp³-hybridized carbons (Fsp3) is 0.400. The van der Waals surface area contributed by atoms with Crippen molar-refractivity contribution in [1.29, 1.82) is 0 Å². The Balaban J connectivity index is 2.01. The Hall–Kier alpha value is -1.56. The van der Waals surface area contributed by atoms with E-state index >= 15 is 0 Å². The average Bonchev–Trinajstić information content (AvgIpc) is 2.69. The zero-order valence-electron chi connectivity index (χ0n) is 12.4. The topological polar surface area (TPSA) is 0 Å². The number of aryl methyl sites for hydroxylation is 1. The van der Waals surface area contributed by atoms with E-state index in [1.165, 1.54) is 25.7 Å². The molecule has 0 amide bonds. The Morgan fingerprint density at radius 1 is 0.800 bits per heavy atom. The fourth-order valence-electron chi connectivity index (χ4n) is 4.82. The molecule has 0 heteroatoms. The summed E-state index contributed by atoms with van der Waals surface area (Å²) in [5.74, 6) is 0.